The number of benzene rings is 1. The molecule has 1 rings (SSSR count). The van der Waals surface area contributed by atoms with Gasteiger partial charge in [0.25, 0.3) is 10.2 Å². The van der Waals surface area contributed by atoms with Crippen LogP contribution in [0.5, 0.6) is 0 Å². The lowest BCUT2D eigenvalue weighted by molar-refractivity contribution is 0.350. The molecule has 102 valence electrons. The predicted octanol–water partition coefficient (Wildman–Crippen LogP) is 1.70. The number of nitrogens with zero attached hydrogens (tertiary/aromatic N) is 2. The van der Waals surface area contributed by atoms with Crippen molar-refractivity contribution >= 4 is 10.2 Å². The van der Waals surface area contributed by atoms with Crippen LogP contribution in [0.1, 0.15) is 19.4 Å². The standard InChI is InChI=1S/C13H22N2O2S/c1-13(2,12-9-7-6-8-10-12)11-15(5)18(16,17)14(3)4/h6-10H,11H2,1-5H3. The fraction of sp³-hybridized carbons (Fsp3) is 0.538. The lowest BCUT2D eigenvalue weighted by Crippen LogP contribution is -2.43. The van der Waals surface area contributed by atoms with Gasteiger partial charge in [-0.3, -0.25) is 0 Å². The van der Waals surface area contributed by atoms with E-state index in [0.29, 0.717) is 6.54 Å². The summed E-state index contributed by atoms with van der Waals surface area (Å²) < 4.78 is 26.6. The van der Waals surface area contributed by atoms with Crippen molar-refractivity contribution in [2.75, 3.05) is 27.7 Å². The highest BCUT2D eigenvalue weighted by molar-refractivity contribution is 7.86. The number of rotatable bonds is 5. The largest absolute Gasteiger partial charge is 0.281 e. The Morgan fingerprint density at radius 3 is 2.00 bits per heavy atom. The number of likely N-dealkylation sites (N-methyl/N-ethyl adjacent to an activating group) is 1. The maximum absolute atomic E-state index is 12.0. The SMILES string of the molecule is CN(C)S(=O)(=O)N(C)CC(C)(C)c1ccccc1. The minimum atomic E-state index is -3.35. The van der Waals surface area contributed by atoms with Crippen molar-refractivity contribution in [2.24, 2.45) is 0 Å². The highest BCUT2D eigenvalue weighted by atomic mass is 32.2. The Balaban J connectivity index is 2.91. The molecule has 4 nitrogen and oxygen atoms in total. The van der Waals surface area contributed by atoms with Crippen molar-refractivity contribution in [1.82, 2.24) is 8.61 Å². The van der Waals surface area contributed by atoms with Crippen LogP contribution < -0.4 is 0 Å². The van der Waals surface area contributed by atoms with E-state index in [1.807, 2.05) is 44.2 Å². The highest BCUT2D eigenvalue weighted by Gasteiger charge is 2.29. The number of hydrogen-bond acceptors (Lipinski definition) is 2. The third kappa shape index (κ3) is 3.31. The third-order valence-electron chi connectivity index (χ3n) is 3.03. The maximum Gasteiger partial charge on any atom is 0.281 e. The Bertz CT molecular complexity index is 481. The molecule has 1 aromatic carbocycles. The van der Waals surface area contributed by atoms with Crippen LogP contribution in [0.2, 0.25) is 0 Å². The van der Waals surface area contributed by atoms with Gasteiger partial charge in [-0.15, -0.1) is 0 Å². The summed E-state index contributed by atoms with van der Waals surface area (Å²) in [6.45, 7) is 4.53. The van der Waals surface area contributed by atoms with Crippen molar-refractivity contribution < 1.29 is 8.42 Å². The van der Waals surface area contributed by atoms with E-state index in [0.717, 1.165) is 5.56 Å². The molecule has 0 aliphatic rings. The second-order valence-corrected chi connectivity index (χ2v) is 7.55. The minimum Gasteiger partial charge on any atom is -0.195 e. The zero-order valence-electron chi connectivity index (χ0n) is 11.7. The summed E-state index contributed by atoms with van der Waals surface area (Å²) >= 11 is 0. The van der Waals surface area contributed by atoms with E-state index in [4.69, 9.17) is 0 Å². The summed E-state index contributed by atoms with van der Waals surface area (Å²) in [6.07, 6.45) is 0. The van der Waals surface area contributed by atoms with Gasteiger partial charge in [0.2, 0.25) is 0 Å². The Kier molecular flexibility index (Phi) is 4.53. The molecule has 5 heteroatoms. The second kappa shape index (κ2) is 5.38. The van der Waals surface area contributed by atoms with Crippen molar-refractivity contribution in [2.45, 2.75) is 19.3 Å². The van der Waals surface area contributed by atoms with Gasteiger partial charge in [0.05, 0.1) is 0 Å². The average molecular weight is 270 g/mol. The van der Waals surface area contributed by atoms with Gasteiger partial charge < -0.3 is 0 Å². The average Bonchev–Trinajstić information content (AvgIpc) is 2.29. The smallest absolute Gasteiger partial charge is 0.195 e. The van der Waals surface area contributed by atoms with E-state index >= 15 is 0 Å². The fourth-order valence-electron chi connectivity index (χ4n) is 1.90. The lowest BCUT2D eigenvalue weighted by Gasteiger charge is -2.31. The van der Waals surface area contributed by atoms with Crippen LogP contribution in [-0.4, -0.2) is 44.7 Å². The van der Waals surface area contributed by atoms with E-state index in [1.165, 1.54) is 8.61 Å². The van der Waals surface area contributed by atoms with Gasteiger partial charge in [-0.05, 0) is 5.56 Å². The van der Waals surface area contributed by atoms with Crippen LogP contribution in [0.3, 0.4) is 0 Å². The van der Waals surface area contributed by atoms with E-state index in [1.54, 1.807) is 21.1 Å². The number of hydrogen-bond donors (Lipinski definition) is 0. The van der Waals surface area contributed by atoms with Crippen molar-refractivity contribution in [1.29, 1.82) is 0 Å². The molecule has 0 amide bonds. The van der Waals surface area contributed by atoms with Gasteiger partial charge in [-0.25, -0.2) is 0 Å². The molecule has 0 N–H and O–H groups in total. The first-order valence-electron chi connectivity index (χ1n) is 5.87. The van der Waals surface area contributed by atoms with Gasteiger partial charge in [0.1, 0.15) is 0 Å². The molecule has 0 heterocycles. The first kappa shape index (κ1) is 15.1. The second-order valence-electron chi connectivity index (χ2n) is 5.30. The third-order valence-corrected chi connectivity index (χ3v) is 4.87. The van der Waals surface area contributed by atoms with E-state index in [9.17, 15) is 8.42 Å². The topological polar surface area (TPSA) is 40.6 Å². The summed E-state index contributed by atoms with van der Waals surface area (Å²) in [7, 11) is 1.35. The molecule has 0 fully saturated rings. The highest BCUT2D eigenvalue weighted by Crippen LogP contribution is 2.24. The summed E-state index contributed by atoms with van der Waals surface area (Å²) in [5, 5.41) is 0. The van der Waals surface area contributed by atoms with E-state index < -0.39 is 10.2 Å². The molecular weight excluding hydrogens is 248 g/mol. The molecular formula is C13H22N2O2S. The Morgan fingerprint density at radius 2 is 1.56 bits per heavy atom. The molecule has 0 aliphatic heterocycles. The van der Waals surface area contributed by atoms with Crippen LogP contribution in [0.4, 0.5) is 0 Å². The van der Waals surface area contributed by atoms with Crippen LogP contribution in [0, 0.1) is 0 Å². The molecule has 0 bridgehead atoms. The molecule has 1 aromatic rings. The van der Waals surface area contributed by atoms with Crippen LogP contribution in [-0.2, 0) is 15.6 Å². The monoisotopic (exact) mass is 270 g/mol. The summed E-state index contributed by atoms with van der Waals surface area (Å²) in [4.78, 5) is 0. The van der Waals surface area contributed by atoms with E-state index in [-0.39, 0.29) is 5.41 Å². The summed E-state index contributed by atoms with van der Waals surface area (Å²) in [5.74, 6) is 0. The Morgan fingerprint density at radius 1 is 1.06 bits per heavy atom. The van der Waals surface area contributed by atoms with Gasteiger partial charge >= 0.3 is 0 Å². The van der Waals surface area contributed by atoms with Gasteiger partial charge in [0, 0.05) is 33.1 Å². The summed E-state index contributed by atoms with van der Waals surface area (Å²) in [6, 6.07) is 9.95. The Hall–Kier alpha value is -0.910. The molecule has 0 spiro atoms. The van der Waals surface area contributed by atoms with Gasteiger partial charge in [0.15, 0.2) is 0 Å². The first-order valence-corrected chi connectivity index (χ1v) is 7.27. The molecule has 0 radical (unpaired) electrons. The molecule has 0 aromatic heterocycles. The van der Waals surface area contributed by atoms with Gasteiger partial charge in [-0.2, -0.15) is 17.0 Å². The maximum atomic E-state index is 12.0. The van der Waals surface area contributed by atoms with Crippen molar-refractivity contribution in [3.05, 3.63) is 35.9 Å². The molecule has 0 unspecified atom stereocenters. The first-order chi connectivity index (χ1) is 8.18. The quantitative estimate of drug-likeness (QED) is 0.817. The van der Waals surface area contributed by atoms with Crippen molar-refractivity contribution in [3.63, 3.8) is 0 Å². The normalized spacial score (nSPS) is 13.3. The zero-order valence-corrected chi connectivity index (χ0v) is 12.5. The summed E-state index contributed by atoms with van der Waals surface area (Å²) in [5.41, 5.74) is 0.907. The van der Waals surface area contributed by atoms with Crippen molar-refractivity contribution in [3.8, 4) is 0 Å². The van der Waals surface area contributed by atoms with Crippen LogP contribution in [0.25, 0.3) is 0 Å². The van der Waals surface area contributed by atoms with Crippen LogP contribution in [0.15, 0.2) is 30.3 Å². The molecule has 18 heavy (non-hydrogen) atoms. The molecule has 0 saturated carbocycles. The fourth-order valence-corrected chi connectivity index (χ4v) is 2.94. The molecule has 0 aliphatic carbocycles. The lowest BCUT2D eigenvalue weighted by atomic mass is 9.85. The predicted molar refractivity (Wildman–Crippen MR) is 74.7 cm³/mol. The zero-order chi connectivity index (χ0) is 14.0. The molecule has 0 atom stereocenters. The Labute approximate surface area is 110 Å². The van der Waals surface area contributed by atoms with E-state index in [2.05, 4.69) is 0 Å². The van der Waals surface area contributed by atoms with Crippen LogP contribution >= 0.6 is 0 Å². The minimum absolute atomic E-state index is 0.223. The molecule has 0 saturated heterocycles. The van der Waals surface area contributed by atoms with Gasteiger partial charge in [-0.1, -0.05) is 44.2 Å².